The van der Waals surface area contributed by atoms with Gasteiger partial charge in [0.2, 0.25) is 0 Å². The first-order chi connectivity index (χ1) is 54.6. The molecule has 114 heavy (non-hydrogen) atoms. The van der Waals surface area contributed by atoms with Crippen molar-refractivity contribution in [3.8, 4) is 0 Å². The van der Waals surface area contributed by atoms with Gasteiger partial charge in [0.25, 0.3) is 0 Å². The highest BCUT2D eigenvalue weighted by Gasteiger charge is 2.02. The summed E-state index contributed by atoms with van der Waals surface area (Å²) in [6.07, 6.45) is 87.3. The average molecular weight is 1610 g/mol. The average Bonchev–Trinajstić information content (AvgIpc) is 1.11. The van der Waals surface area contributed by atoms with Crippen LogP contribution < -0.4 is 0 Å². The van der Waals surface area contributed by atoms with Crippen LogP contribution in [0.25, 0.3) is 0 Å². The predicted octanol–water partition coefficient (Wildman–Crippen LogP) is 29.5. The maximum atomic E-state index is 10.3. The summed E-state index contributed by atoms with van der Waals surface area (Å²) >= 11 is 0. The largest absolute Gasteiger partial charge is 0.481 e. The monoisotopic (exact) mass is 1610 g/mol. The van der Waals surface area contributed by atoms with E-state index in [-0.39, 0.29) is 26.1 Å². The number of aliphatic hydroxyl groups excluding tert-OH is 3. The minimum atomic E-state index is -0.764. The minimum absolute atomic E-state index is 0.167. The third-order valence-corrected chi connectivity index (χ3v) is 17.6. The van der Waals surface area contributed by atoms with Crippen LogP contribution in [0.15, 0.2) is 133 Å². The molecule has 0 amide bonds. The number of carboxylic acids is 6. The van der Waals surface area contributed by atoms with E-state index in [1.165, 1.54) is 201 Å². The standard InChI is InChI=1S/C18H34O2.C15H28O2.C11H20O2.2C10H18O2.C10H20O.2C10H18O.C5H8O2/c1-2-3-4-5-6-7-8-9-10-11-12-13-14-15-16-17-18(19)20;1-2-3-4-5-6-7-8-9-10-11-12-13-14-15(16)17;1-2-3-4-5-6-7-8-9-10-11(12)13;2*1-2-3-4-5-6-7-8-9-10(11)12;3*1-9(2)5-4-6-10(3)7-8-11;1-2-3-4-5(6)7/h9-10H,2-8,11-17H2,1H3,(H,19,20);11-12H,2-10,13-14H2,1H3,(H,16,17);2H,1,3-10H2,(H,12,13);2-3H,4-9H2,1H3,(H,11,12);2H,1,3-9H2,(H,11,12);5,10-11H,4,6-8H2,1-3H3;2*5,7,11H,4,6,8H2,1-3H3;2H,1,3-4H2,(H,6,7)/b10-9-;;;3-2+;;;10-7+;10-7-;. The van der Waals surface area contributed by atoms with E-state index in [0.717, 1.165) is 128 Å². The van der Waals surface area contributed by atoms with Crippen LogP contribution in [0.5, 0.6) is 0 Å². The number of carbonyl (C=O) groups is 6. The summed E-state index contributed by atoms with van der Waals surface area (Å²) in [5.41, 5.74) is 6.65. The number of rotatable bonds is 67. The molecular formula is C99H182O15. The zero-order valence-corrected chi connectivity index (χ0v) is 75.8. The summed E-state index contributed by atoms with van der Waals surface area (Å²) in [5, 5.41) is 75.7. The summed E-state index contributed by atoms with van der Waals surface area (Å²) in [6, 6.07) is 0. The molecule has 0 spiro atoms. The molecule has 0 saturated carbocycles. The van der Waals surface area contributed by atoms with Crippen LogP contribution in [0.3, 0.4) is 0 Å². The highest BCUT2D eigenvalue weighted by Crippen LogP contribution is 2.16. The Morgan fingerprint density at radius 2 is 0.518 bits per heavy atom. The fourth-order valence-corrected chi connectivity index (χ4v) is 10.6. The van der Waals surface area contributed by atoms with Gasteiger partial charge in [0.1, 0.15) is 0 Å². The van der Waals surface area contributed by atoms with Gasteiger partial charge in [-0.25, -0.2) is 0 Å². The van der Waals surface area contributed by atoms with E-state index in [9.17, 15) is 28.8 Å². The van der Waals surface area contributed by atoms with E-state index in [4.69, 9.17) is 46.0 Å². The molecule has 0 radical (unpaired) electrons. The summed E-state index contributed by atoms with van der Waals surface area (Å²) in [5.74, 6) is -3.50. The number of allylic oxidation sites excluding steroid dienone is 17. The molecule has 0 aliphatic carbocycles. The fourth-order valence-electron chi connectivity index (χ4n) is 10.6. The number of unbranched alkanes of at least 4 members (excludes halogenated alkanes) is 34. The molecule has 9 N–H and O–H groups in total. The van der Waals surface area contributed by atoms with E-state index >= 15 is 0 Å². The molecule has 668 valence electrons. The van der Waals surface area contributed by atoms with Crippen molar-refractivity contribution in [1.82, 2.24) is 0 Å². The second-order valence-electron chi connectivity index (χ2n) is 30.4. The molecule has 0 aliphatic heterocycles. The van der Waals surface area contributed by atoms with Gasteiger partial charge in [-0.05, 0) is 229 Å². The van der Waals surface area contributed by atoms with Crippen molar-refractivity contribution in [2.24, 2.45) is 5.92 Å². The molecule has 0 aromatic rings. The van der Waals surface area contributed by atoms with Crippen molar-refractivity contribution < 1.29 is 74.7 Å². The van der Waals surface area contributed by atoms with Crippen LogP contribution in [0.4, 0.5) is 0 Å². The van der Waals surface area contributed by atoms with Crippen LogP contribution in [-0.2, 0) is 28.8 Å². The Labute approximate surface area is 701 Å². The zero-order chi connectivity index (χ0) is 87.8. The molecule has 1 unspecified atom stereocenters. The Bertz CT molecular complexity index is 2300. The molecule has 1 atom stereocenters. The van der Waals surface area contributed by atoms with Crippen LogP contribution >= 0.6 is 0 Å². The van der Waals surface area contributed by atoms with Crippen molar-refractivity contribution in [2.45, 2.75) is 436 Å². The normalized spacial score (nSPS) is 10.8. The lowest BCUT2D eigenvalue weighted by atomic mass is 10.0. The second-order valence-corrected chi connectivity index (χ2v) is 30.4. The topological polar surface area (TPSA) is 284 Å². The van der Waals surface area contributed by atoms with Gasteiger partial charge in [0.15, 0.2) is 0 Å². The molecule has 0 heterocycles. The first-order valence-electron chi connectivity index (χ1n) is 44.7. The summed E-state index contributed by atoms with van der Waals surface area (Å²) < 4.78 is 0. The predicted molar refractivity (Wildman–Crippen MR) is 491 cm³/mol. The van der Waals surface area contributed by atoms with Gasteiger partial charge in [-0.15, -0.1) is 19.7 Å². The summed E-state index contributed by atoms with van der Waals surface area (Å²) in [6.45, 7) is 36.8. The Balaban J connectivity index is -0.000000157. The number of hydrogen-bond donors (Lipinski definition) is 9. The molecule has 0 aromatic carbocycles. The van der Waals surface area contributed by atoms with Crippen molar-refractivity contribution >= 4 is 35.8 Å². The van der Waals surface area contributed by atoms with Crippen molar-refractivity contribution in [3.63, 3.8) is 0 Å². The number of aliphatic carboxylic acids is 6. The third kappa shape index (κ3) is 166. The highest BCUT2D eigenvalue weighted by molar-refractivity contribution is 5.68. The molecular weight excluding hydrogens is 1430 g/mol. The number of hydrogen-bond acceptors (Lipinski definition) is 9. The number of carboxylic acid groups (broad SMARTS) is 6. The molecule has 0 rings (SSSR count). The first-order valence-corrected chi connectivity index (χ1v) is 44.7. The van der Waals surface area contributed by atoms with Gasteiger partial charge in [-0.3, -0.25) is 28.8 Å². The van der Waals surface area contributed by atoms with Crippen molar-refractivity contribution in [3.05, 3.63) is 133 Å². The van der Waals surface area contributed by atoms with Gasteiger partial charge in [-0.1, -0.05) is 288 Å². The molecule has 15 heteroatoms. The molecule has 0 saturated heterocycles. The van der Waals surface area contributed by atoms with Gasteiger partial charge in [-0.2, -0.15) is 0 Å². The maximum absolute atomic E-state index is 10.3. The molecule has 0 fully saturated rings. The lowest BCUT2D eigenvalue weighted by molar-refractivity contribution is -0.138. The van der Waals surface area contributed by atoms with E-state index < -0.39 is 35.8 Å². The third-order valence-electron chi connectivity index (χ3n) is 17.6. The minimum Gasteiger partial charge on any atom is -0.481 e. The van der Waals surface area contributed by atoms with Crippen molar-refractivity contribution in [1.29, 1.82) is 0 Å². The van der Waals surface area contributed by atoms with Gasteiger partial charge >= 0.3 is 35.8 Å². The quantitative estimate of drug-likeness (QED) is 0.0202. The molecule has 0 aromatic heterocycles. The molecule has 0 aliphatic rings. The van der Waals surface area contributed by atoms with Gasteiger partial charge in [0.05, 0.1) is 13.2 Å². The van der Waals surface area contributed by atoms with Crippen LogP contribution in [0.2, 0.25) is 0 Å². The maximum Gasteiger partial charge on any atom is 0.303 e. The SMILES string of the molecule is C/C=C/CCCCCCC(=O)O.C=CCCC(=O)O.C=CCCCCCCCC(=O)O.C=CCCCCCCCCC(=O)O.CC(C)=CCC/C(C)=C/CO.CC(C)=CCC/C(C)=C\CO.CC(C)=CCCC(C)CCO.CCCCCCCC/C=C\CCCCCCCC(=O)O.CCCCCCCCCCC=CCCC(=O)O. The number of aliphatic hydroxyl groups is 3. The Hall–Kier alpha value is -6.16. The van der Waals surface area contributed by atoms with E-state index in [2.05, 4.69) is 145 Å². The molecule has 0 bridgehead atoms. The van der Waals surface area contributed by atoms with E-state index in [1.807, 2.05) is 37.3 Å². The van der Waals surface area contributed by atoms with Gasteiger partial charge < -0.3 is 46.0 Å². The van der Waals surface area contributed by atoms with Crippen LogP contribution in [-0.4, -0.2) is 102 Å². The Morgan fingerprint density at radius 1 is 0.272 bits per heavy atom. The summed E-state index contributed by atoms with van der Waals surface area (Å²) in [7, 11) is 0. The van der Waals surface area contributed by atoms with Gasteiger partial charge in [0, 0.05) is 45.1 Å². The van der Waals surface area contributed by atoms with E-state index in [1.54, 1.807) is 6.08 Å². The highest BCUT2D eigenvalue weighted by atomic mass is 16.4. The fraction of sp³-hybridized carbons (Fsp3) is 0.717. The van der Waals surface area contributed by atoms with Crippen LogP contribution in [0, 0.1) is 5.92 Å². The van der Waals surface area contributed by atoms with Crippen LogP contribution in [0.1, 0.15) is 436 Å². The lowest BCUT2D eigenvalue weighted by Crippen LogP contribution is -1.96. The first kappa shape index (κ1) is 126. The molecule has 15 nitrogen and oxygen atoms in total. The Kier molecular flexibility index (Phi) is 128. The Morgan fingerprint density at radius 3 is 0.763 bits per heavy atom. The summed E-state index contributed by atoms with van der Waals surface area (Å²) in [4.78, 5) is 60.7. The lowest BCUT2D eigenvalue weighted by Gasteiger charge is -2.06. The second kappa shape index (κ2) is 115. The zero-order valence-electron chi connectivity index (χ0n) is 75.8. The van der Waals surface area contributed by atoms with Crippen molar-refractivity contribution in [2.75, 3.05) is 19.8 Å². The van der Waals surface area contributed by atoms with E-state index in [0.29, 0.717) is 51.0 Å². The smallest absolute Gasteiger partial charge is 0.303 e.